The standard InChI is InChI=1S/C14H16Si/c1-2-15(13-9-5-3-6-10-13)14-11-7-4-8-12-14/h3-12,15H,2H2,1H3. The molecule has 0 amide bonds. The molecule has 2 aromatic rings. The smallest absolute Gasteiger partial charge is 0.0674 e. The first-order chi connectivity index (χ1) is 7.42. The van der Waals surface area contributed by atoms with E-state index in [0.29, 0.717) is 0 Å². The summed E-state index contributed by atoms with van der Waals surface area (Å²) in [6.07, 6.45) is 0. The first-order valence-electron chi connectivity index (χ1n) is 5.51. The van der Waals surface area contributed by atoms with Gasteiger partial charge in [0.1, 0.15) is 8.80 Å². The largest absolute Gasteiger partial charge is 0.102 e. The Morgan fingerprint density at radius 1 is 0.733 bits per heavy atom. The highest BCUT2D eigenvalue weighted by atomic mass is 28.3. The topological polar surface area (TPSA) is 0 Å². The summed E-state index contributed by atoms with van der Waals surface area (Å²) in [5.74, 6) is 0. The second-order valence-electron chi connectivity index (χ2n) is 3.78. The van der Waals surface area contributed by atoms with E-state index in [1.807, 2.05) is 0 Å². The third kappa shape index (κ3) is 2.36. The van der Waals surface area contributed by atoms with Gasteiger partial charge in [-0.3, -0.25) is 0 Å². The molecule has 15 heavy (non-hydrogen) atoms. The summed E-state index contributed by atoms with van der Waals surface area (Å²) >= 11 is 0. The van der Waals surface area contributed by atoms with Crippen molar-refractivity contribution in [2.24, 2.45) is 0 Å². The predicted octanol–water partition coefficient (Wildman–Crippen LogP) is 2.05. The Morgan fingerprint density at radius 3 is 1.47 bits per heavy atom. The molecule has 0 radical (unpaired) electrons. The zero-order valence-corrected chi connectivity index (χ0v) is 10.2. The maximum Gasteiger partial charge on any atom is 0.102 e. The van der Waals surface area contributed by atoms with Crippen LogP contribution in [0.25, 0.3) is 0 Å². The minimum atomic E-state index is -0.930. The van der Waals surface area contributed by atoms with E-state index in [-0.39, 0.29) is 0 Å². The average Bonchev–Trinajstić information content (AvgIpc) is 2.33. The minimum Gasteiger partial charge on any atom is -0.0674 e. The highest BCUT2D eigenvalue weighted by Gasteiger charge is 2.12. The maximum absolute atomic E-state index is 2.30. The second kappa shape index (κ2) is 4.94. The Labute approximate surface area is 93.2 Å². The molecule has 0 saturated heterocycles. The van der Waals surface area contributed by atoms with Crippen LogP contribution in [-0.2, 0) is 0 Å². The van der Waals surface area contributed by atoms with Crippen molar-refractivity contribution in [1.29, 1.82) is 0 Å². The van der Waals surface area contributed by atoms with Gasteiger partial charge >= 0.3 is 0 Å². The fourth-order valence-electron chi connectivity index (χ4n) is 2.03. The molecule has 0 aromatic heterocycles. The molecule has 76 valence electrons. The lowest BCUT2D eigenvalue weighted by Crippen LogP contribution is -2.41. The summed E-state index contributed by atoms with van der Waals surface area (Å²) < 4.78 is 0. The highest BCUT2D eigenvalue weighted by molar-refractivity contribution is 6.85. The van der Waals surface area contributed by atoms with Gasteiger partial charge in [-0.15, -0.1) is 0 Å². The molecular formula is C14H16Si. The second-order valence-corrected chi connectivity index (χ2v) is 7.04. The van der Waals surface area contributed by atoms with Gasteiger partial charge in [-0.05, 0) is 0 Å². The van der Waals surface area contributed by atoms with E-state index in [9.17, 15) is 0 Å². The van der Waals surface area contributed by atoms with Gasteiger partial charge < -0.3 is 0 Å². The molecular weight excluding hydrogens is 196 g/mol. The molecule has 0 saturated carbocycles. The lowest BCUT2D eigenvalue weighted by Gasteiger charge is -2.13. The molecule has 2 aromatic carbocycles. The summed E-state index contributed by atoms with van der Waals surface area (Å²) in [4.78, 5) is 0. The summed E-state index contributed by atoms with van der Waals surface area (Å²) in [7, 11) is -0.930. The molecule has 0 aliphatic heterocycles. The Hall–Kier alpha value is -1.34. The van der Waals surface area contributed by atoms with E-state index < -0.39 is 8.80 Å². The third-order valence-electron chi connectivity index (χ3n) is 2.81. The average molecular weight is 212 g/mol. The summed E-state index contributed by atoms with van der Waals surface area (Å²) in [6, 6.07) is 23.1. The molecule has 0 aliphatic carbocycles. The van der Waals surface area contributed by atoms with E-state index in [1.54, 1.807) is 10.4 Å². The van der Waals surface area contributed by atoms with Gasteiger partial charge in [0, 0.05) is 0 Å². The van der Waals surface area contributed by atoms with Crippen LogP contribution in [0, 0.1) is 0 Å². The molecule has 0 atom stereocenters. The quantitative estimate of drug-likeness (QED) is 0.683. The van der Waals surface area contributed by atoms with Crippen molar-refractivity contribution in [3.05, 3.63) is 60.7 Å². The molecule has 0 unspecified atom stereocenters. The number of benzene rings is 2. The van der Waals surface area contributed by atoms with Gasteiger partial charge in [-0.1, -0.05) is 84.0 Å². The van der Waals surface area contributed by atoms with E-state index in [4.69, 9.17) is 0 Å². The Bertz CT molecular complexity index is 355. The Morgan fingerprint density at radius 2 is 1.13 bits per heavy atom. The van der Waals surface area contributed by atoms with Gasteiger partial charge in [0.25, 0.3) is 0 Å². The van der Waals surface area contributed by atoms with Crippen molar-refractivity contribution < 1.29 is 0 Å². The Balaban J connectivity index is 2.34. The monoisotopic (exact) mass is 212 g/mol. The summed E-state index contributed by atoms with van der Waals surface area (Å²) in [6.45, 7) is 2.30. The van der Waals surface area contributed by atoms with E-state index in [1.165, 1.54) is 6.04 Å². The number of hydrogen-bond acceptors (Lipinski definition) is 0. The maximum atomic E-state index is 2.30. The van der Waals surface area contributed by atoms with Gasteiger partial charge in [-0.2, -0.15) is 0 Å². The summed E-state index contributed by atoms with van der Waals surface area (Å²) in [5, 5.41) is 3.09. The van der Waals surface area contributed by atoms with Gasteiger partial charge in [0.05, 0.1) is 0 Å². The number of hydrogen-bond donors (Lipinski definition) is 0. The van der Waals surface area contributed by atoms with E-state index in [0.717, 1.165) is 0 Å². The van der Waals surface area contributed by atoms with Crippen molar-refractivity contribution in [2.45, 2.75) is 13.0 Å². The molecule has 0 spiro atoms. The first-order valence-corrected chi connectivity index (χ1v) is 7.49. The van der Waals surface area contributed by atoms with Crippen molar-refractivity contribution in [1.82, 2.24) is 0 Å². The molecule has 0 nitrogen and oxygen atoms in total. The van der Waals surface area contributed by atoms with Gasteiger partial charge in [-0.25, -0.2) is 0 Å². The van der Waals surface area contributed by atoms with Crippen LogP contribution in [0.4, 0.5) is 0 Å². The van der Waals surface area contributed by atoms with Crippen LogP contribution in [0.1, 0.15) is 6.92 Å². The van der Waals surface area contributed by atoms with Crippen LogP contribution in [0.5, 0.6) is 0 Å². The van der Waals surface area contributed by atoms with Gasteiger partial charge in [0.15, 0.2) is 0 Å². The van der Waals surface area contributed by atoms with Crippen molar-refractivity contribution in [3.8, 4) is 0 Å². The Kier molecular flexibility index (Phi) is 3.35. The van der Waals surface area contributed by atoms with Gasteiger partial charge in [0.2, 0.25) is 0 Å². The lowest BCUT2D eigenvalue weighted by atomic mass is 10.4. The van der Waals surface area contributed by atoms with Crippen LogP contribution in [0.2, 0.25) is 6.04 Å². The van der Waals surface area contributed by atoms with Crippen molar-refractivity contribution in [2.75, 3.05) is 0 Å². The molecule has 0 fully saturated rings. The fourth-order valence-corrected chi connectivity index (χ4v) is 4.74. The predicted molar refractivity (Wildman–Crippen MR) is 69.8 cm³/mol. The van der Waals surface area contributed by atoms with Crippen LogP contribution < -0.4 is 10.4 Å². The van der Waals surface area contributed by atoms with Crippen molar-refractivity contribution >= 4 is 19.2 Å². The summed E-state index contributed by atoms with van der Waals surface area (Å²) in [5.41, 5.74) is 0. The normalized spacial score (nSPS) is 10.5. The van der Waals surface area contributed by atoms with Crippen LogP contribution >= 0.6 is 0 Å². The fraction of sp³-hybridized carbons (Fsp3) is 0.143. The zero-order chi connectivity index (χ0) is 10.5. The third-order valence-corrected chi connectivity index (χ3v) is 6.01. The molecule has 2 rings (SSSR count). The molecule has 0 aliphatic rings. The van der Waals surface area contributed by atoms with Crippen molar-refractivity contribution in [3.63, 3.8) is 0 Å². The van der Waals surface area contributed by atoms with Crippen LogP contribution in [0.3, 0.4) is 0 Å². The molecule has 1 heteroatoms. The number of rotatable bonds is 3. The highest BCUT2D eigenvalue weighted by Crippen LogP contribution is 1.96. The van der Waals surface area contributed by atoms with Crippen LogP contribution in [-0.4, -0.2) is 8.80 Å². The zero-order valence-electron chi connectivity index (χ0n) is 9.06. The van der Waals surface area contributed by atoms with E-state index >= 15 is 0 Å². The lowest BCUT2D eigenvalue weighted by molar-refractivity contribution is 1.43. The first kappa shape index (κ1) is 10.2. The molecule has 0 N–H and O–H groups in total. The van der Waals surface area contributed by atoms with E-state index in [2.05, 4.69) is 67.6 Å². The van der Waals surface area contributed by atoms with Crippen LogP contribution in [0.15, 0.2) is 60.7 Å². The molecule has 0 heterocycles. The molecule has 0 bridgehead atoms. The minimum absolute atomic E-state index is 0.930. The SMILES string of the molecule is CC[SiH](c1ccccc1)c1ccccc1.